The van der Waals surface area contributed by atoms with Crippen LogP contribution in [0.25, 0.3) is 0 Å². The summed E-state index contributed by atoms with van der Waals surface area (Å²) < 4.78 is 0. The lowest BCUT2D eigenvalue weighted by molar-refractivity contribution is -0.130. The van der Waals surface area contributed by atoms with Crippen molar-refractivity contribution >= 4 is 5.91 Å². The molecule has 2 aliphatic rings. The highest BCUT2D eigenvalue weighted by molar-refractivity contribution is 5.76. The SMILES string of the molecule is NCCC(=O)N1CCCN(CC2CCCCC2)CC1. The summed E-state index contributed by atoms with van der Waals surface area (Å²) in [5.41, 5.74) is 5.47. The molecule has 1 aliphatic heterocycles. The monoisotopic (exact) mass is 267 g/mol. The number of hydrogen-bond acceptors (Lipinski definition) is 3. The first-order valence-corrected chi connectivity index (χ1v) is 8.00. The van der Waals surface area contributed by atoms with Gasteiger partial charge in [0.2, 0.25) is 5.91 Å². The van der Waals surface area contributed by atoms with Crippen molar-refractivity contribution in [2.75, 3.05) is 39.3 Å². The van der Waals surface area contributed by atoms with Gasteiger partial charge in [0.25, 0.3) is 0 Å². The van der Waals surface area contributed by atoms with Gasteiger partial charge in [0.15, 0.2) is 0 Å². The van der Waals surface area contributed by atoms with Gasteiger partial charge in [-0.3, -0.25) is 4.79 Å². The summed E-state index contributed by atoms with van der Waals surface area (Å²) in [6, 6.07) is 0. The summed E-state index contributed by atoms with van der Waals surface area (Å²) in [6.07, 6.45) is 8.70. The van der Waals surface area contributed by atoms with E-state index in [2.05, 4.69) is 4.90 Å². The lowest BCUT2D eigenvalue weighted by Crippen LogP contribution is -2.37. The normalized spacial score (nSPS) is 23.3. The van der Waals surface area contributed by atoms with Gasteiger partial charge in [-0.15, -0.1) is 0 Å². The standard InChI is InChI=1S/C15H29N3O/c16-8-7-15(19)18-10-4-9-17(11-12-18)13-14-5-2-1-3-6-14/h14H,1-13,16H2. The third kappa shape index (κ3) is 4.77. The van der Waals surface area contributed by atoms with Gasteiger partial charge in [0.05, 0.1) is 0 Å². The summed E-state index contributed by atoms with van der Waals surface area (Å²) in [6.45, 7) is 5.74. The van der Waals surface area contributed by atoms with Crippen LogP contribution in [-0.2, 0) is 4.79 Å². The third-order valence-electron chi connectivity index (χ3n) is 4.54. The van der Waals surface area contributed by atoms with Crippen LogP contribution < -0.4 is 5.73 Å². The molecule has 2 fully saturated rings. The van der Waals surface area contributed by atoms with Crippen LogP contribution in [-0.4, -0.2) is 55.0 Å². The first kappa shape index (κ1) is 14.8. The molecule has 1 saturated carbocycles. The van der Waals surface area contributed by atoms with E-state index in [1.165, 1.54) is 38.6 Å². The van der Waals surface area contributed by atoms with Crippen molar-refractivity contribution in [2.45, 2.75) is 44.9 Å². The van der Waals surface area contributed by atoms with Gasteiger partial charge < -0.3 is 15.5 Å². The molecule has 0 radical (unpaired) electrons. The maximum absolute atomic E-state index is 11.9. The van der Waals surface area contributed by atoms with Crippen molar-refractivity contribution in [3.63, 3.8) is 0 Å². The van der Waals surface area contributed by atoms with E-state index in [-0.39, 0.29) is 5.91 Å². The molecule has 0 bridgehead atoms. The molecule has 0 aromatic rings. The van der Waals surface area contributed by atoms with Gasteiger partial charge in [0.1, 0.15) is 0 Å². The van der Waals surface area contributed by atoms with E-state index in [1.807, 2.05) is 4.90 Å². The minimum atomic E-state index is 0.238. The average molecular weight is 267 g/mol. The van der Waals surface area contributed by atoms with E-state index in [1.54, 1.807) is 0 Å². The molecule has 0 unspecified atom stereocenters. The molecule has 1 heterocycles. The second-order valence-corrected chi connectivity index (χ2v) is 6.08. The maximum atomic E-state index is 11.9. The summed E-state index contributed by atoms with van der Waals surface area (Å²) in [5.74, 6) is 1.14. The van der Waals surface area contributed by atoms with Crippen molar-refractivity contribution in [3.05, 3.63) is 0 Å². The molecule has 1 aliphatic carbocycles. The van der Waals surface area contributed by atoms with E-state index in [9.17, 15) is 4.79 Å². The molecule has 1 amide bonds. The Morgan fingerprint density at radius 3 is 2.53 bits per heavy atom. The van der Waals surface area contributed by atoms with Crippen molar-refractivity contribution in [1.82, 2.24) is 9.80 Å². The molecule has 110 valence electrons. The van der Waals surface area contributed by atoms with Crippen LogP contribution in [0.2, 0.25) is 0 Å². The molecule has 2 rings (SSSR count). The lowest BCUT2D eigenvalue weighted by atomic mass is 9.89. The molecule has 4 nitrogen and oxygen atoms in total. The molecule has 4 heteroatoms. The Kier molecular flexibility index (Phi) is 6.11. The highest BCUT2D eigenvalue weighted by Crippen LogP contribution is 2.24. The number of nitrogens with zero attached hydrogens (tertiary/aromatic N) is 2. The number of carbonyl (C=O) groups excluding carboxylic acids is 1. The summed E-state index contributed by atoms with van der Waals surface area (Å²) >= 11 is 0. The zero-order valence-corrected chi connectivity index (χ0v) is 12.1. The third-order valence-corrected chi connectivity index (χ3v) is 4.54. The molecule has 1 saturated heterocycles. The maximum Gasteiger partial charge on any atom is 0.223 e. The molecule has 2 N–H and O–H groups in total. The fraction of sp³-hybridized carbons (Fsp3) is 0.933. The quantitative estimate of drug-likeness (QED) is 0.839. The van der Waals surface area contributed by atoms with Gasteiger partial charge in [-0.2, -0.15) is 0 Å². The van der Waals surface area contributed by atoms with Crippen molar-refractivity contribution in [1.29, 1.82) is 0 Å². The van der Waals surface area contributed by atoms with Crippen LogP contribution in [0.5, 0.6) is 0 Å². The molecule has 19 heavy (non-hydrogen) atoms. The zero-order chi connectivity index (χ0) is 13.5. The van der Waals surface area contributed by atoms with E-state index in [4.69, 9.17) is 5.73 Å². The minimum absolute atomic E-state index is 0.238. The largest absolute Gasteiger partial charge is 0.341 e. The number of rotatable bonds is 4. The second kappa shape index (κ2) is 7.85. The molecular weight excluding hydrogens is 238 g/mol. The predicted octanol–water partition coefficient (Wildman–Crippen LogP) is 1.45. The van der Waals surface area contributed by atoms with Crippen LogP contribution >= 0.6 is 0 Å². The Morgan fingerprint density at radius 2 is 1.79 bits per heavy atom. The Bertz CT molecular complexity index is 277. The van der Waals surface area contributed by atoms with Crippen LogP contribution in [0.4, 0.5) is 0 Å². The zero-order valence-electron chi connectivity index (χ0n) is 12.1. The van der Waals surface area contributed by atoms with E-state index < -0.39 is 0 Å². The molecule has 0 aromatic carbocycles. The Hall–Kier alpha value is -0.610. The van der Waals surface area contributed by atoms with E-state index in [0.717, 1.165) is 38.5 Å². The van der Waals surface area contributed by atoms with Gasteiger partial charge in [-0.1, -0.05) is 19.3 Å². The van der Waals surface area contributed by atoms with E-state index >= 15 is 0 Å². The first-order chi connectivity index (χ1) is 9.29. The average Bonchev–Trinajstić information content (AvgIpc) is 2.66. The number of hydrogen-bond donors (Lipinski definition) is 1. The van der Waals surface area contributed by atoms with Crippen molar-refractivity contribution in [3.8, 4) is 0 Å². The number of amides is 1. The van der Waals surface area contributed by atoms with Gasteiger partial charge in [-0.05, 0) is 31.7 Å². The van der Waals surface area contributed by atoms with Gasteiger partial charge >= 0.3 is 0 Å². The van der Waals surface area contributed by atoms with Crippen LogP contribution in [0, 0.1) is 5.92 Å². The van der Waals surface area contributed by atoms with Crippen molar-refractivity contribution in [2.24, 2.45) is 11.7 Å². The minimum Gasteiger partial charge on any atom is -0.341 e. The molecule has 0 spiro atoms. The topological polar surface area (TPSA) is 49.6 Å². The van der Waals surface area contributed by atoms with Gasteiger partial charge in [0, 0.05) is 39.1 Å². The summed E-state index contributed by atoms with van der Waals surface area (Å²) in [5, 5.41) is 0. The first-order valence-electron chi connectivity index (χ1n) is 8.00. The fourth-order valence-electron chi connectivity index (χ4n) is 3.42. The van der Waals surface area contributed by atoms with Crippen LogP contribution in [0.1, 0.15) is 44.9 Å². The van der Waals surface area contributed by atoms with Crippen molar-refractivity contribution < 1.29 is 4.79 Å². The Labute approximate surface area is 117 Å². The lowest BCUT2D eigenvalue weighted by Gasteiger charge is -2.28. The number of nitrogens with two attached hydrogens (primary N) is 1. The smallest absolute Gasteiger partial charge is 0.223 e. The molecule has 0 aromatic heterocycles. The Balaban J connectivity index is 1.74. The second-order valence-electron chi connectivity index (χ2n) is 6.08. The summed E-state index contributed by atoms with van der Waals surface area (Å²) in [4.78, 5) is 16.5. The Morgan fingerprint density at radius 1 is 1.00 bits per heavy atom. The molecule has 0 atom stereocenters. The summed E-state index contributed by atoms with van der Waals surface area (Å²) in [7, 11) is 0. The predicted molar refractivity (Wildman–Crippen MR) is 77.9 cm³/mol. The highest BCUT2D eigenvalue weighted by atomic mass is 16.2. The van der Waals surface area contributed by atoms with Gasteiger partial charge in [-0.25, -0.2) is 0 Å². The van der Waals surface area contributed by atoms with E-state index in [0.29, 0.717) is 13.0 Å². The van der Waals surface area contributed by atoms with Crippen LogP contribution in [0.15, 0.2) is 0 Å². The molecular formula is C15H29N3O. The highest BCUT2D eigenvalue weighted by Gasteiger charge is 2.21. The number of carbonyl (C=O) groups is 1. The van der Waals surface area contributed by atoms with Crippen LogP contribution in [0.3, 0.4) is 0 Å². The fourth-order valence-corrected chi connectivity index (χ4v) is 3.42.